The molecular weight excluding hydrogens is 328 g/mol. The molecule has 0 aliphatic carbocycles. The molecule has 0 fully saturated rings. The quantitative estimate of drug-likeness (QED) is 0.625. The van der Waals surface area contributed by atoms with Crippen LogP contribution < -0.4 is 4.72 Å². The summed E-state index contributed by atoms with van der Waals surface area (Å²) in [5, 5.41) is 11.0. The van der Waals surface area contributed by atoms with Crippen LogP contribution in [0, 0.1) is 17.0 Å². The topological polar surface area (TPSA) is 89.3 Å². The summed E-state index contributed by atoms with van der Waals surface area (Å²) >= 11 is 0. The lowest BCUT2D eigenvalue weighted by Gasteiger charge is -2.12. The van der Waals surface area contributed by atoms with E-state index in [2.05, 4.69) is 18.6 Å². The van der Waals surface area contributed by atoms with E-state index in [0.717, 1.165) is 18.1 Å². The SMILES string of the molecule is CCC(C)c1ccc(NS(=O)(=O)c2ccc(C)c([N+](=O)[O-])c2)cc1. The largest absolute Gasteiger partial charge is 0.280 e. The molecule has 0 aliphatic rings. The average molecular weight is 348 g/mol. The van der Waals surface area contributed by atoms with Crippen molar-refractivity contribution in [3.05, 3.63) is 63.7 Å². The van der Waals surface area contributed by atoms with E-state index in [4.69, 9.17) is 0 Å². The first-order valence-corrected chi connectivity index (χ1v) is 9.10. The smallest absolute Gasteiger partial charge is 0.273 e. The molecule has 0 aliphatic heterocycles. The predicted octanol–water partition coefficient (Wildman–Crippen LogP) is 4.22. The number of rotatable bonds is 6. The van der Waals surface area contributed by atoms with Crippen LogP contribution in [0.15, 0.2) is 47.4 Å². The summed E-state index contributed by atoms with van der Waals surface area (Å²) in [5.74, 6) is 0.399. The van der Waals surface area contributed by atoms with Crippen LogP contribution in [0.3, 0.4) is 0 Å². The van der Waals surface area contributed by atoms with Crippen LogP contribution in [-0.2, 0) is 10.0 Å². The van der Waals surface area contributed by atoms with Crippen molar-refractivity contribution in [1.29, 1.82) is 0 Å². The third-order valence-electron chi connectivity index (χ3n) is 4.03. The second-order valence-electron chi connectivity index (χ2n) is 5.74. The highest BCUT2D eigenvalue weighted by Crippen LogP contribution is 2.25. The van der Waals surface area contributed by atoms with Crippen LogP contribution >= 0.6 is 0 Å². The van der Waals surface area contributed by atoms with Gasteiger partial charge in [-0.05, 0) is 43.0 Å². The molecule has 128 valence electrons. The van der Waals surface area contributed by atoms with Gasteiger partial charge < -0.3 is 0 Å². The number of sulfonamides is 1. The molecule has 2 aromatic rings. The van der Waals surface area contributed by atoms with Crippen molar-refractivity contribution >= 4 is 21.4 Å². The predicted molar refractivity (Wildman–Crippen MR) is 93.8 cm³/mol. The van der Waals surface area contributed by atoms with Gasteiger partial charge in [0.2, 0.25) is 0 Å². The number of nitrogens with zero attached hydrogens (tertiary/aromatic N) is 1. The van der Waals surface area contributed by atoms with Crippen molar-refractivity contribution in [3.8, 4) is 0 Å². The maximum absolute atomic E-state index is 12.4. The van der Waals surface area contributed by atoms with E-state index in [0.29, 0.717) is 17.2 Å². The molecule has 0 saturated heterocycles. The minimum Gasteiger partial charge on any atom is -0.280 e. The van der Waals surface area contributed by atoms with Crippen molar-refractivity contribution < 1.29 is 13.3 Å². The second-order valence-corrected chi connectivity index (χ2v) is 7.42. The first kappa shape index (κ1) is 17.9. The van der Waals surface area contributed by atoms with Crippen molar-refractivity contribution in [2.24, 2.45) is 0 Å². The Morgan fingerprint density at radius 2 is 1.79 bits per heavy atom. The van der Waals surface area contributed by atoms with Crippen molar-refractivity contribution in [2.45, 2.75) is 38.0 Å². The Morgan fingerprint density at radius 1 is 1.17 bits per heavy atom. The Balaban J connectivity index is 2.28. The Bertz CT molecular complexity index is 845. The average Bonchev–Trinajstić information content (AvgIpc) is 2.54. The molecule has 0 radical (unpaired) electrons. The van der Waals surface area contributed by atoms with E-state index in [9.17, 15) is 18.5 Å². The molecule has 6 nitrogen and oxygen atoms in total. The van der Waals surface area contributed by atoms with Crippen LogP contribution in [0.4, 0.5) is 11.4 Å². The van der Waals surface area contributed by atoms with Gasteiger partial charge in [-0.3, -0.25) is 14.8 Å². The van der Waals surface area contributed by atoms with E-state index in [1.54, 1.807) is 19.1 Å². The van der Waals surface area contributed by atoms with Crippen LogP contribution in [-0.4, -0.2) is 13.3 Å². The Morgan fingerprint density at radius 3 is 2.33 bits per heavy atom. The lowest BCUT2D eigenvalue weighted by atomic mass is 9.99. The zero-order chi connectivity index (χ0) is 17.9. The van der Waals surface area contributed by atoms with Gasteiger partial charge in [-0.15, -0.1) is 0 Å². The van der Waals surface area contributed by atoms with Gasteiger partial charge in [-0.1, -0.05) is 32.0 Å². The minimum absolute atomic E-state index is 0.134. The number of aryl methyl sites for hydroxylation is 1. The number of hydrogen-bond acceptors (Lipinski definition) is 4. The van der Waals surface area contributed by atoms with Gasteiger partial charge in [0, 0.05) is 17.3 Å². The fourth-order valence-electron chi connectivity index (χ4n) is 2.28. The number of benzene rings is 2. The molecule has 24 heavy (non-hydrogen) atoms. The fraction of sp³-hybridized carbons (Fsp3) is 0.294. The van der Waals surface area contributed by atoms with Crippen LogP contribution in [0.2, 0.25) is 0 Å². The monoisotopic (exact) mass is 348 g/mol. The first-order valence-electron chi connectivity index (χ1n) is 7.62. The molecule has 7 heteroatoms. The van der Waals surface area contributed by atoms with Gasteiger partial charge in [-0.25, -0.2) is 8.42 Å². The summed E-state index contributed by atoms with van der Waals surface area (Å²) in [6, 6.07) is 11.0. The summed E-state index contributed by atoms with van der Waals surface area (Å²) in [7, 11) is -3.88. The van der Waals surface area contributed by atoms with Crippen LogP contribution in [0.5, 0.6) is 0 Å². The fourth-order valence-corrected chi connectivity index (χ4v) is 3.36. The van der Waals surface area contributed by atoms with E-state index in [-0.39, 0.29) is 10.6 Å². The van der Waals surface area contributed by atoms with Gasteiger partial charge in [0.05, 0.1) is 9.82 Å². The molecule has 2 aromatic carbocycles. The first-order chi connectivity index (χ1) is 11.2. The van der Waals surface area contributed by atoms with E-state index in [1.165, 1.54) is 12.1 Å². The molecule has 1 unspecified atom stereocenters. The van der Waals surface area contributed by atoms with Crippen molar-refractivity contribution in [1.82, 2.24) is 0 Å². The number of nitro benzene ring substituents is 1. The number of hydrogen-bond donors (Lipinski definition) is 1. The molecule has 0 aromatic heterocycles. The number of nitro groups is 1. The third kappa shape index (κ3) is 3.91. The standard InChI is InChI=1S/C17H20N2O4S/c1-4-12(2)14-6-8-15(9-7-14)18-24(22,23)16-10-5-13(3)17(11-16)19(20)21/h5-12,18H,4H2,1-3H3. The maximum Gasteiger partial charge on any atom is 0.273 e. The van der Waals surface area contributed by atoms with Crippen LogP contribution in [0.1, 0.15) is 37.3 Å². The molecule has 0 saturated carbocycles. The summed E-state index contributed by atoms with van der Waals surface area (Å²) in [4.78, 5) is 10.3. The van der Waals surface area contributed by atoms with Gasteiger partial charge in [0.1, 0.15) is 0 Å². The highest BCUT2D eigenvalue weighted by atomic mass is 32.2. The molecule has 1 atom stereocenters. The molecule has 0 heterocycles. The second kappa shape index (κ2) is 7.00. The highest BCUT2D eigenvalue weighted by Gasteiger charge is 2.20. The van der Waals surface area contributed by atoms with E-state index >= 15 is 0 Å². The highest BCUT2D eigenvalue weighted by molar-refractivity contribution is 7.92. The van der Waals surface area contributed by atoms with Gasteiger partial charge in [0.15, 0.2) is 0 Å². The summed E-state index contributed by atoms with van der Waals surface area (Å²) in [5.41, 5.74) is 1.75. The molecule has 1 N–H and O–H groups in total. The van der Waals surface area contributed by atoms with Gasteiger partial charge in [-0.2, -0.15) is 0 Å². The maximum atomic E-state index is 12.4. The summed E-state index contributed by atoms with van der Waals surface area (Å²) in [6.45, 7) is 5.76. The minimum atomic E-state index is -3.88. The Labute approximate surface area is 141 Å². The number of nitrogens with one attached hydrogen (secondary N) is 1. The molecule has 0 bridgehead atoms. The Kier molecular flexibility index (Phi) is 5.23. The summed E-state index contributed by atoms with van der Waals surface area (Å²) in [6.07, 6.45) is 0.998. The van der Waals surface area contributed by atoms with Gasteiger partial charge in [0.25, 0.3) is 15.7 Å². The van der Waals surface area contributed by atoms with Crippen LogP contribution in [0.25, 0.3) is 0 Å². The van der Waals surface area contributed by atoms with E-state index in [1.807, 2.05) is 12.1 Å². The lowest BCUT2D eigenvalue weighted by molar-refractivity contribution is -0.385. The number of anilines is 1. The van der Waals surface area contributed by atoms with Crippen molar-refractivity contribution in [2.75, 3.05) is 4.72 Å². The van der Waals surface area contributed by atoms with Crippen molar-refractivity contribution in [3.63, 3.8) is 0 Å². The molecule has 2 rings (SSSR count). The normalized spacial score (nSPS) is 12.6. The lowest BCUT2D eigenvalue weighted by Crippen LogP contribution is -2.13. The van der Waals surface area contributed by atoms with Gasteiger partial charge >= 0.3 is 0 Å². The molecular formula is C17H20N2O4S. The zero-order valence-electron chi connectivity index (χ0n) is 13.8. The third-order valence-corrected chi connectivity index (χ3v) is 5.41. The molecule has 0 spiro atoms. The molecule has 0 amide bonds. The zero-order valence-corrected chi connectivity index (χ0v) is 14.6. The van der Waals surface area contributed by atoms with E-state index < -0.39 is 14.9 Å². The Hall–Kier alpha value is -2.41. The summed E-state index contributed by atoms with van der Waals surface area (Å²) < 4.78 is 27.3.